The number of hydrogen-bond acceptors (Lipinski definition) is 3. The van der Waals surface area contributed by atoms with Crippen molar-refractivity contribution in [3.05, 3.63) is 30.1 Å². The minimum Gasteiger partial charge on any atom is -0.481 e. The highest BCUT2D eigenvalue weighted by Crippen LogP contribution is 2.12. The number of amides is 2. The number of hydrazine groups is 1. The molecule has 1 aromatic rings. The Hall–Kier alpha value is -2.11. The zero-order chi connectivity index (χ0) is 14.3. The van der Waals surface area contributed by atoms with Gasteiger partial charge in [-0.15, -0.1) is 0 Å². The zero-order valence-corrected chi connectivity index (χ0v) is 10.9. The van der Waals surface area contributed by atoms with Crippen molar-refractivity contribution in [1.82, 2.24) is 10.9 Å². The monoisotopic (exact) mass is 268 g/mol. The highest BCUT2D eigenvalue weighted by atomic mass is 19.1. The fourth-order valence-electron chi connectivity index (χ4n) is 1.29. The predicted molar refractivity (Wildman–Crippen MR) is 67.7 cm³/mol. The maximum Gasteiger partial charge on any atom is 0.279 e. The van der Waals surface area contributed by atoms with Crippen LogP contribution in [0.15, 0.2) is 24.3 Å². The van der Waals surface area contributed by atoms with Crippen molar-refractivity contribution in [1.29, 1.82) is 0 Å². The highest BCUT2D eigenvalue weighted by Gasteiger charge is 2.15. The van der Waals surface area contributed by atoms with Crippen LogP contribution in [0.4, 0.5) is 4.39 Å². The predicted octanol–water partition coefficient (Wildman–Crippen LogP) is 1.54. The topological polar surface area (TPSA) is 67.4 Å². The van der Waals surface area contributed by atoms with Gasteiger partial charge in [0.1, 0.15) is 11.6 Å². The Morgan fingerprint density at radius 3 is 2.47 bits per heavy atom. The molecule has 1 rings (SSSR count). The molecule has 2 amide bonds. The minimum atomic E-state index is -0.799. The molecular formula is C13H17FN2O3. The quantitative estimate of drug-likeness (QED) is 0.796. The van der Waals surface area contributed by atoms with Gasteiger partial charge < -0.3 is 4.74 Å². The van der Waals surface area contributed by atoms with Gasteiger partial charge in [-0.2, -0.15) is 0 Å². The summed E-state index contributed by atoms with van der Waals surface area (Å²) >= 11 is 0. The van der Waals surface area contributed by atoms with E-state index in [-0.39, 0.29) is 11.7 Å². The van der Waals surface area contributed by atoms with Crippen molar-refractivity contribution in [2.24, 2.45) is 0 Å². The molecule has 0 aliphatic rings. The van der Waals surface area contributed by atoms with E-state index in [9.17, 15) is 14.0 Å². The summed E-state index contributed by atoms with van der Waals surface area (Å²) in [5.74, 6) is -0.737. The number of rotatable bonds is 5. The molecule has 0 aromatic heterocycles. The van der Waals surface area contributed by atoms with Crippen LogP contribution in [0.2, 0.25) is 0 Å². The molecular weight excluding hydrogens is 251 g/mol. The standard InChI is InChI=1S/C13H17FN2O3/c1-3-4-12(17)15-16-13(18)9(2)19-11-7-5-10(14)6-8-11/h5-9H,3-4H2,1-2H3,(H,15,17)(H,16,18)/t9-/m1/s1. The third-order valence-corrected chi connectivity index (χ3v) is 2.30. The second-order valence-electron chi connectivity index (χ2n) is 4.00. The molecule has 0 aliphatic carbocycles. The van der Waals surface area contributed by atoms with Gasteiger partial charge in [0.2, 0.25) is 5.91 Å². The van der Waals surface area contributed by atoms with Crippen LogP contribution in [0.5, 0.6) is 5.75 Å². The molecule has 5 nitrogen and oxygen atoms in total. The first-order valence-electron chi connectivity index (χ1n) is 6.04. The second-order valence-corrected chi connectivity index (χ2v) is 4.00. The average molecular weight is 268 g/mol. The molecule has 0 unspecified atom stereocenters. The second kappa shape index (κ2) is 7.35. The third-order valence-electron chi connectivity index (χ3n) is 2.30. The van der Waals surface area contributed by atoms with E-state index in [1.807, 2.05) is 6.92 Å². The summed E-state index contributed by atoms with van der Waals surface area (Å²) in [6.45, 7) is 3.40. The summed E-state index contributed by atoms with van der Waals surface area (Å²) in [4.78, 5) is 22.8. The number of halogens is 1. The first kappa shape index (κ1) is 14.9. The van der Waals surface area contributed by atoms with Gasteiger partial charge in [-0.25, -0.2) is 4.39 Å². The van der Waals surface area contributed by atoms with Crippen molar-refractivity contribution in [3.8, 4) is 5.75 Å². The Labute approximate surface area is 111 Å². The van der Waals surface area contributed by atoms with Gasteiger partial charge in [-0.3, -0.25) is 20.4 Å². The van der Waals surface area contributed by atoms with Crippen LogP contribution in [0.3, 0.4) is 0 Å². The lowest BCUT2D eigenvalue weighted by Gasteiger charge is -2.15. The molecule has 0 heterocycles. The van der Waals surface area contributed by atoms with Crippen LogP contribution >= 0.6 is 0 Å². The Balaban J connectivity index is 2.40. The van der Waals surface area contributed by atoms with Gasteiger partial charge in [0.15, 0.2) is 6.10 Å². The molecule has 1 atom stereocenters. The number of carbonyl (C=O) groups excluding carboxylic acids is 2. The van der Waals surface area contributed by atoms with E-state index in [2.05, 4.69) is 10.9 Å². The van der Waals surface area contributed by atoms with Crippen LogP contribution in [0.1, 0.15) is 26.7 Å². The molecule has 19 heavy (non-hydrogen) atoms. The van der Waals surface area contributed by atoms with E-state index in [1.54, 1.807) is 0 Å². The van der Waals surface area contributed by atoms with Gasteiger partial charge in [-0.05, 0) is 37.6 Å². The van der Waals surface area contributed by atoms with Gasteiger partial charge in [0.05, 0.1) is 0 Å². The maximum absolute atomic E-state index is 12.7. The Morgan fingerprint density at radius 1 is 1.26 bits per heavy atom. The van der Waals surface area contributed by atoms with E-state index in [4.69, 9.17) is 4.74 Å². The number of nitrogens with one attached hydrogen (secondary N) is 2. The molecule has 0 bridgehead atoms. The van der Waals surface area contributed by atoms with E-state index in [0.717, 1.165) is 0 Å². The van der Waals surface area contributed by atoms with Crippen LogP contribution < -0.4 is 15.6 Å². The van der Waals surface area contributed by atoms with Crippen molar-refractivity contribution in [3.63, 3.8) is 0 Å². The van der Waals surface area contributed by atoms with Crippen molar-refractivity contribution in [2.45, 2.75) is 32.8 Å². The largest absolute Gasteiger partial charge is 0.481 e. The summed E-state index contributed by atoms with van der Waals surface area (Å²) < 4.78 is 18.0. The molecule has 0 fully saturated rings. The van der Waals surface area contributed by atoms with Crippen molar-refractivity contribution in [2.75, 3.05) is 0 Å². The van der Waals surface area contributed by atoms with Gasteiger partial charge in [-0.1, -0.05) is 6.92 Å². The molecule has 6 heteroatoms. The number of benzene rings is 1. The number of hydrogen-bond donors (Lipinski definition) is 2. The summed E-state index contributed by atoms with van der Waals surface area (Å²) in [5.41, 5.74) is 4.54. The fraction of sp³-hybridized carbons (Fsp3) is 0.385. The molecule has 0 saturated heterocycles. The SMILES string of the molecule is CCCC(=O)NNC(=O)[C@@H](C)Oc1ccc(F)cc1. The molecule has 0 saturated carbocycles. The normalized spacial score (nSPS) is 11.5. The summed E-state index contributed by atoms with van der Waals surface area (Å²) in [5, 5.41) is 0. The lowest BCUT2D eigenvalue weighted by Crippen LogP contribution is -2.47. The minimum absolute atomic E-state index is 0.259. The van der Waals surface area contributed by atoms with Crippen molar-refractivity contribution >= 4 is 11.8 Å². The smallest absolute Gasteiger partial charge is 0.279 e. The Kier molecular flexibility index (Phi) is 5.78. The summed E-state index contributed by atoms with van der Waals surface area (Å²) in [6, 6.07) is 5.33. The van der Waals surface area contributed by atoms with Crippen LogP contribution in [0.25, 0.3) is 0 Å². The van der Waals surface area contributed by atoms with Crippen LogP contribution in [-0.2, 0) is 9.59 Å². The van der Waals surface area contributed by atoms with Crippen LogP contribution in [0, 0.1) is 5.82 Å². The van der Waals surface area contributed by atoms with Crippen molar-refractivity contribution < 1.29 is 18.7 Å². The summed E-state index contributed by atoms with van der Waals surface area (Å²) in [7, 11) is 0. The van der Waals surface area contributed by atoms with Gasteiger partial charge >= 0.3 is 0 Å². The van der Waals surface area contributed by atoms with E-state index < -0.39 is 12.0 Å². The number of ether oxygens (including phenoxy) is 1. The third kappa shape index (κ3) is 5.37. The molecule has 0 spiro atoms. The van der Waals surface area contributed by atoms with Gasteiger partial charge in [0.25, 0.3) is 5.91 Å². The highest BCUT2D eigenvalue weighted by molar-refractivity contribution is 5.84. The van der Waals surface area contributed by atoms with E-state index in [0.29, 0.717) is 18.6 Å². The lowest BCUT2D eigenvalue weighted by atomic mass is 10.3. The average Bonchev–Trinajstić information content (AvgIpc) is 2.39. The molecule has 104 valence electrons. The van der Waals surface area contributed by atoms with E-state index >= 15 is 0 Å². The molecule has 2 N–H and O–H groups in total. The fourth-order valence-corrected chi connectivity index (χ4v) is 1.29. The zero-order valence-electron chi connectivity index (χ0n) is 10.9. The number of carbonyl (C=O) groups is 2. The first-order valence-corrected chi connectivity index (χ1v) is 6.04. The molecule has 0 radical (unpaired) electrons. The van der Waals surface area contributed by atoms with E-state index in [1.165, 1.54) is 31.2 Å². The van der Waals surface area contributed by atoms with Crippen LogP contribution in [-0.4, -0.2) is 17.9 Å². The maximum atomic E-state index is 12.7. The van der Waals surface area contributed by atoms with Gasteiger partial charge in [0, 0.05) is 6.42 Å². The summed E-state index contributed by atoms with van der Waals surface area (Å²) in [6.07, 6.45) is 0.240. The molecule has 0 aliphatic heterocycles. The first-order chi connectivity index (χ1) is 9.02. The molecule has 1 aromatic carbocycles. The lowest BCUT2D eigenvalue weighted by molar-refractivity contribution is -0.132. The Morgan fingerprint density at radius 2 is 1.89 bits per heavy atom. The Bertz CT molecular complexity index is 434.